The van der Waals surface area contributed by atoms with Crippen molar-refractivity contribution in [2.24, 2.45) is 5.73 Å². The van der Waals surface area contributed by atoms with Crippen molar-refractivity contribution in [3.63, 3.8) is 0 Å². The highest BCUT2D eigenvalue weighted by Gasteiger charge is 2.20. The van der Waals surface area contributed by atoms with Gasteiger partial charge >= 0.3 is 0 Å². The molecule has 104 valence electrons. The molecule has 1 aliphatic heterocycles. The van der Waals surface area contributed by atoms with Crippen LogP contribution < -0.4 is 10.5 Å². The van der Waals surface area contributed by atoms with Crippen LogP contribution in [0, 0.1) is 0 Å². The van der Waals surface area contributed by atoms with Crippen molar-refractivity contribution in [3.8, 4) is 5.75 Å². The van der Waals surface area contributed by atoms with Crippen LogP contribution in [0.4, 0.5) is 0 Å². The number of carbonyl (C=O) groups excluding carboxylic acids is 1. The molecule has 5 heteroatoms. The Morgan fingerprint density at radius 2 is 2.16 bits per heavy atom. The van der Waals surface area contributed by atoms with Crippen molar-refractivity contribution in [2.45, 2.75) is 25.3 Å². The van der Waals surface area contributed by atoms with E-state index in [9.17, 15) is 4.79 Å². The van der Waals surface area contributed by atoms with Gasteiger partial charge in [0.25, 0.3) is 0 Å². The molecular weight excluding hydrogens is 308 g/mol. The summed E-state index contributed by atoms with van der Waals surface area (Å²) in [5.74, 6) is 0.935. The van der Waals surface area contributed by atoms with Gasteiger partial charge in [-0.25, -0.2) is 0 Å². The summed E-state index contributed by atoms with van der Waals surface area (Å²) in [5.41, 5.74) is 5.82. The zero-order valence-electron chi connectivity index (χ0n) is 10.8. The van der Waals surface area contributed by atoms with Crippen LogP contribution in [0.2, 0.25) is 0 Å². The van der Waals surface area contributed by atoms with Gasteiger partial charge in [-0.05, 0) is 31.0 Å². The number of likely N-dealkylation sites (tertiary alicyclic amines) is 1. The summed E-state index contributed by atoms with van der Waals surface area (Å²) >= 11 is 3.38. The maximum absolute atomic E-state index is 12.0. The standard InChI is InChI=1S/C14H19BrN2O2/c15-11-2-1-3-13(10-11)19-9-6-14(18)17-7-4-12(16)5-8-17/h1-3,10,12H,4-9,16H2. The van der Waals surface area contributed by atoms with Crippen molar-refractivity contribution in [1.82, 2.24) is 4.90 Å². The van der Waals surface area contributed by atoms with E-state index in [1.165, 1.54) is 0 Å². The smallest absolute Gasteiger partial charge is 0.225 e. The average molecular weight is 327 g/mol. The fourth-order valence-electron chi connectivity index (χ4n) is 2.12. The van der Waals surface area contributed by atoms with Gasteiger partial charge in [0.05, 0.1) is 13.0 Å². The van der Waals surface area contributed by atoms with E-state index in [1.54, 1.807) is 0 Å². The van der Waals surface area contributed by atoms with E-state index >= 15 is 0 Å². The van der Waals surface area contributed by atoms with Crippen LogP contribution in [-0.2, 0) is 4.79 Å². The number of carbonyl (C=O) groups is 1. The quantitative estimate of drug-likeness (QED) is 0.922. The summed E-state index contributed by atoms with van der Waals surface area (Å²) < 4.78 is 6.54. The van der Waals surface area contributed by atoms with E-state index in [-0.39, 0.29) is 11.9 Å². The van der Waals surface area contributed by atoms with E-state index in [4.69, 9.17) is 10.5 Å². The van der Waals surface area contributed by atoms with Crippen LogP contribution in [0.25, 0.3) is 0 Å². The third-order valence-electron chi connectivity index (χ3n) is 3.27. The summed E-state index contributed by atoms with van der Waals surface area (Å²) in [4.78, 5) is 13.8. The number of amides is 1. The van der Waals surface area contributed by atoms with Crippen LogP contribution in [0.5, 0.6) is 5.75 Å². The molecule has 0 radical (unpaired) electrons. The Morgan fingerprint density at radius 1 is 1.42 bits per heavy atom. The number of rotatable bonds is 4. The highest BCUT2D eigenvalue weighted by atomic mass is 79.9. The molecule has 0 bridgehead atoms. The number of nitrogens with two attached hydrogens (primary N) is 1. The maximum Gasteiger partial charge on any atom is 0.225 e. The molecule has 1 aromatic carbocycles. The molecule has 0 aromatic heterocycles. The Bertz CT molecular complexity index is 431. The number of hydrogen-bond acceptors (Lipinski definition) is 3. The maximum atomic E-state index is 12.0. The molecule has 1 heterocycles. The monoisotopic (exact) mass is 326 g/mol. The summed E-state index contributed by atoms with van der Waals surface area (Å²) in [6.07, 6.45) is 2.22. The third-order valence-corrected chi connectivity index (χ3v) is 3.77. The molecule has 1 aliphatic rings. The number of ether oxygens (including phenoxy) is 1. The molecule has 2 N–H and O–H groups in total. The Labute approximate surface area is 122 Å². The second-order valence-electron chi connectivity index (χ2n) is 4.77. The molecule has 1 amide bonds. The lowest BCUT2D eigenvalue weighted by molar-refractivity contribution is -0.132. The molecule has 0 saturated carbocycles. The van der Waals surface area contributed by atoms with Crippen LogP contribution in [0.15, 0.2) is 28.7 Å². The second kappa shape index (κ2) is 6.91. The lowest BCUT2D eigenvalue weighted by atomic mass is 10.1. The minimum absolute atomic E-state index is 0.155. The van der Waals surface area contributed by atoms with E-state index in [0.29, 0.717) is 13.0 Å². The molecule has 0 unspecified atom stereocenters. The van der Waals surface area contributed by atoms with E-state index in [2.05, 4.69) is 15.9 Å². The van der Waals surface area contributed by atoms with Gasteiger partial charge in [-0.15, -0.1) is 0 Å². The highest BCUT2D eigenvalue weighted by molar-refractivity contribution is 9.10. The first-order valence-electron chi connectivity index (χ1n) is 6.57. The van der Waals surface area contributed by atoms with Crippen molar-refractivity contribution < 1.29 is 9.53 Å². The molecule has 1 aromatic rings. The summed E-state index contributed by atoms with van der Waals surface area (Å²) in [6.45, 7) is 1.96. The van der Waals surface area contributed by atoms with Gasteiger partial charge in [0.15, 0.2) is 0 Å². The predicted octanol–water partition coefficient (Wildman–Crippen LogP) is 2.17. The first-order valence-corrected chi connectivity index (χ1v) is 7.36. The minimum Gasteiger partial charge on any atom is -0.493 e. The summed E-state index contributed by atoms with van der Waals surface area (Å²) in [6, 6.07) is 7.88. The molecule has 0 spiro atoms. The SMILES string of the molecule is NC1CCN(C(=O)CCOc2cccc(Br)c2)CC1. The van der Waals surface area contributed by atoms with Crippen molar-refractivity contribution in [2.75, 3.05) is 19.7 Å². The Morgan fingerprint density at radius 3 is 2.84 bits per heavy atom. The zero-order valence-corrected chi connectivity index (χ0v) is 12.4. The van der Waals surface area contributed by atoms with Gasteiger partial charge in [0.1, 0.15) is 5.75 Å². The zero-order chi connectivity index (χ0) is 13.7. The van der Waals surface area contributed by atoms with Crippen LogP contribution in [0.1, 0.15) is 19.3 Å². The first-order chi connectivity index (χ1) is 9.15. The molecule has 0 aliphatic carbocycles. The van der Waals surface area contributed by atoms with E-state index in [1.807, 2.05) is 29.2 Å². The number of nitrogens with zero attached hydrogens (tertiary/aromatic N) is 1. The van der Waals surface area contributed by atoms with Crippen LogP contribution >= 0.6 is 15.9 Å². The fourth-order valence-corrected chi connectivity index (χ4v) is 2.50. The largest absolute Gasteiger partial charge is 0.493 e. The Kier molecular flexibility index (Phi) is 5.22. The number of benzene rings is 1. The Hall–Kier alpha value is -1.07. The third kappa shape index (κ3) is 4.51. The number of piperidine rings is 1. The van der Waals surface area contributed by atoms with Crippen molar-refractivity contribution in [1.29, 1.82) is 0 Å². The van der Waals surface area contributed by atoms with E-state index in [0.717, 1.165) is 36.2 Å². The van der Waals surface area contributed by atoms with Crippen molar-refractivity contribution >= 4 is 21.8 Å². The molecule has 1 saturated heterocycles. The fraction of sp³-hybridized carbons (Fsp3) is 0.500. The molecule has 19 heavy (non-hydrogen) atoms. The second-order valence-corrected chi connectivity index (χ2v) is 5.69. The summed E-state index contributed by atoms with van der Waals surface area (Å²) in [5, 5.41) is 0. The molecule has 4 nitrogen and oxygen atoms in total. The number of hydrogen-bond donors (Lipinski definition) is 1. The van der Waals surface area contributed by atoms with Gasteiger partial charge in [-0.2, -0.15) is 0 Å². The lowest BCUT2D eigenvalue weighted by Gasteiger charge is -2.30. The highest BCUT2D eigenvalue weighted by Crippen LogP contribution is 2.18. The van der Waals surface area contributed by atoms with Crippen molar-refractivity contribution in [3.05, 3.63) is 28.7 Å². The van der Waals surface area contributed by atoms with Gasteiger partial charge in [0, 0.05) is 23.6 Å². The van der Waals surface area contributed by atoms with Crippen LogP contribution in [0.3, 0.4) is 0 Å². The predicted molar refractivity (Wildman–Crippen MR) is 78.0 cm³/mol. The van der Waals surface area contributed by atoms with Gasteiger partial charge in [0.2, 0.25) is 5.91 Å². The minimum atomic E-state index is 0.155. The number of halogens is 1. The Balaban J connectivity index is 1.72. The van der Waals surface area contributed by atoms with Gasteiger partial charge < -0.3 is 15.4 Å². The summed E-state index contributed by atoms with van der Waals surface area (Å²) in [7, 11) is 0. The van der Waals surface area contributed by atoms with Gasteiger partial charge in [-0.1, -0.05) is 22.0 Å². The molecular formula is C14H19BrN2O2. The average Bonchev–Trinajstić information content (AvgIpc) is 2.39. The lowest BCUT2D eigenvalue weighted by Crippen LogP contribution is -2.43. The first kappa shape index (κ1) is 14.3. The van der Waals surface area contributed by atoms with E-state index < -0.39 is 0 Å². The molecule has 2 rings (SSSR count). The normalized spacial score (nSPS) is 16.4. The molecule has 1 fully saturated rings. The molecule has 0 atom stereocenters. The van der Waals surface area contributed by atoms with Gasteiger partial charge in [-0.3, -0.25) is 4.79 Å². The van der Waals surface area contributed by atoms with Crippen LogP contribution in [-0.4, -0.2) is 36.5 Å². The topological polar surface area (TPSA) is 55.6 Å².